The summed E-state index contributed by atoms with van der Waals surface area (Å²) in [5.74, 6) is 0.385. The van der Waals surface area contributed by atoms with E-state index < -0.39 is 6.17 Å². The highest BCUT2D eigenvalue weighted by molar-refractivity contribution is 5.26. The van der Waals surface area contributed by atoms with Crippen molar-refractivity contribution in [3.63, 3.8) is 0 Å². The molecular weight excluding hydrogens is 193 g/mol. The minimum atomic E-state index is -0.774. The van der Waals surface area contributed by atoms with Crippen LogP contribution in [-0.4, -0.2) is 24.4 Å². The van der Waals surface area contributed by atoms with Gasteiger partial charge in [0.2, 0.25) is 0 Å². The highest BCUT2D eigenvalue weighted by Crippen LogP contribution is 2.20. The number of alkyl halides is 1. The second-order valence-corrected chi connectivity index (χ2v) is 4.14. The largest absolute Gasteiger partial charge is 0.508 e. The van der Waals surface area contributed by atoms with Gasteiger partial charge in [-0.3, -0.25) is 0 Å². The molecule has 1 aliphatic heterocycles. The monoisotopic (exact) mass is 209 g/mol. The Kier molecular flexibility index (Phi) is 3.21. The Morgan fingerprint density at radius 3 is 2.73 bits per heavy atom. The molecule has 0 radical (unpaired) electrons. The van der Waals surface area contributed by atoms with Crippen molar-refractivity contribution in [2.45, 2.75) is 19.0 Å². The van der Waals surface area contributed by atoms with Crippen LogP contribution in [0.3, 0.4) is 0 Å². The molecule has 1 fully saturated rings. The number of nitrogens with one attached hydrogen (secondary N) is 1. The van der Waals surface area contributed by atoms with Crippen molar-refractivity contribution < 1.29 is 9.50 Å². The van der Waals surface area contributed by atoms with Crippen LogP contribution in [0.4, 0.5) is 4.39 Å². The van der Waals surface area contributed by atoms with E-state index in [0.717, 1.165) is 25.1 Å². The molecule has 2 unspecified atom stereocenters. The number of hydrogen-bond acceptors (Lipinski definition) is 2. The molecule has 0 spiro atoms. The van der Waals surface area contributed by atoms with E-state index >= 15 is 0 Å². The lowest BCUT2D eigenvalue weighted by atomic mass is 9.97. The second kappa shape index (κ2) is 4.62. The van der Waals surface area contributed by atoms with Gasteiger partial charge in [0.05, 0.1) is 0 Å². The van der Waals surface area contributed by atoms with Crippen LogP contribution in [0.1, 0.15) is 12.0 Å². The van der Waals surface area contributed by atoms with E-state index in [2.05, 4.69) is 5.32 Å². The number of halogens is 1. The average Bonchev–Trinajstić information content (AvgIpc) is 2.74. The molecule has 0 bridgehead atoms. The fourth-order valence-corrected chi connectivity index (χ4v) is 2.01. The van der Waals surface area contributed by atoms with Crippen molar-refractivity contribution in [3.8, 4) is 5.75 Å². The summed E-state index contributed by atoms with van der Waals surface area (Å²) in [6.45, 7) is 1.72. The predicted octanol–water partition coefficient (Wildman–Crippen LogP) is 1.88. The number of aromatic hydroxyl groups is 1. The Morgan fingerprint density at radius 2 is 2.13 bits per heavy atom. The Labute approximate surface area is 89.1 Å². The lowest BCUT2D eigenvalue weighted by Gasteiger charge is -2.14. The van der Waals surface area contributed by atoms with Crippen LogP contribution in [0, 0.1) is 5.92 Å². The van der Waals surface area contributed by atoms with E-state index in [-0.39, 0.29) is 11.7 Å². The summed E-state index contributed by atoms with van der Waals surface area (Å²) >= 11 is 0. The zero-order chi connectivity index (χ0) is 10.7. The van der Waals surface area contributed by atoms with Gasteiger partial charge < -0.3 is 10.4 Å². The van der Waals surface area contributed by atoms with Gasteiger partial charge in [-0.15, -0.1) is 0 Å². The number of rotatable bonds is 3. The number of phenolic OH excluding ortho intramolecular Hbond substituents is 1. The quantitative estimate of drug-likeness (QED) is 0.796. The third kappa shape index (κ3) is 2.69. The van der Waals surface area contributed by atoms with Gasteiger partial charge in [0.25, 0.3) is 0 Å². The molecule has 3 heteroatoms. The van der Waals surface area contributed by atoms with Crippen LogP contribution < -0.4 is 5.32 Å². The van der Waals surface area contributed by atoms with Crippen molar-refractivity contribution in [1.29, 1.82) is 0 Å². The third-order valence-corrected chi connectivity index (χ3v) is 2.98. The summed E-state index contributed by atoms with van der Waals surface area (Å²) in [6, 6.07) is 6.78. The van der Waals surface area contributed by atoms with Gasteiger partial charge in [0.15, 0.2) is 0 Å². The summed E-state index contributed by atoms with van der Waals surface area (Å²) in [5, 5.41) is 12.3. The van der Waals surface area contributed by atoms with E-state index in [1.807, 2.05) is 0 Å². The van der Waals surface area contributed by atoms with Gasteiger partial charge in [-0.05, 0) is 30.7 Å². The van der Waals surface area contributed by atoms with Gasteiger partial charge in [-0.2, -0.15) is 0 Å². The van der Waals surface area contributed by atoms with Crippen LogP contribution in [0.5, 0.6) is 5.75 Å². The van der Waals surface area contributed by atoms with Crippen LogP contribution in [-0.2, 0) is 6.42 Å². The lowest BCUT2D eigenvalue weighted by molar-refractivity contribution is 0.240. The standard InChI is InChI=1S/C12H16FNO/c13-12(10-5-6-14-8-10)7-9-1-3-11(15)4-2-9/h1-4,10,12,14-15H,5-8H2. The van der Waals surface area contributed by atoms with Gasteiger partial charge in [0.1, 0.15) is 11.9 Å². The molecule has 1 saturated heterocycles. The Morgan fingerprint density at radius 1 is 1.40 bits per heavy atom. The normalized spacial score (nSPS) is 22.9. The van der Waals surface area contributed by atoms with Crippen LogP contribution in [0.15, 0.2) is 24.3 Å². The number of benzene rings is 1. The topological polar surface area (TPSA) is 32.3 Å². The summed E-state index contributed by atoms with van der Waals surface area (Å²) in [7, 11) is 0. The van der Waals surface area contributed by atoms with Gasteiger partial charge in [0, 0.05) is 18.9 Å². The maximum absolute atomic E-state index is 13.8. The molecule has 15 heavy (non-hydrogen) atoms. The van der Waals surface area contributed by atoms with Crippen molar-refractivity contribution in [1.82, 2.24) is 5.32 Å². The molecule has 1 aromatic carbocycles. The van der Waals surface area contributed by atoms with Gasteiger partial charge in [-0.1, -0.05) is 12.1 Å². The van der Waals surface area contributed by atoms with Crippen LogP contribution in [0.25, 0.3) is 0 Å². The molecule has 1 heterocycles. The molecule has 0 amide bonds. The zero-order valence-corrected chi connectivity index (χ0v) is 8.62. The van der Waals surface area contributed by atoms with Gasteiger partial charge in [-0.25, -0.2) is 4.39 Å². The molecular formula is C12H16FNO. The Hall–Kier alpha value is -1.09. The highest BCUT2D eigenvalue weighted by atomic mass is 19.1. The van der Waals surface area contributed by atoms with E-state index in [0.29, 0.717) is 6.42 Å². The smallest absolute Gasteiger partial charge is 0.115 e. The molecule has 2 nitrogen and oxygen atoms in total. The third-order valence-electron chi connectivity index (χ3n) is 2.98. The van der Waals surface area contributed by atoms with Crippen LogP contribution >= 0.6 is 0 Å². The molecule has 1 aromatic rings. The molecule has 0 saturated carbocycles. The fourth-order valence-electron chi connectivity index (χ4n) is 2.01. The van der Waals surface area contributed by atoms with Crippen LogP contribution in [0.2, 0.25) is 0 Å². The lowest BCUT2D eigenvalue weighted by Crippen LogP contribution is -2.21. The second-order valence-electron chi connectivity index (χ2n) is 4.14. The molecule has 0 aliphatic carbocycles. The van der Waals surface area contributed by atoms with Crippen molar-refractivity contribution in [2.24, 2.45) is 5.92 Å². The predicted molar refractivity (Wildman–Crippen MR) is 57.7 cm³/mol. The first kappa shape index (κ1) is 10.4. The average molecular weight is 209 g/mol. The minimum Gasteiger partial charge on any atom is -0.508 e. The van der Waals surface area contributed by atoms with E-state index in [4.69, 9.17) is 5.11 Å². The van der Waals surface area contributed by atoms with Gasteiger partial charge >= 0.3 is 0 Å². The highest BCUT2D eigenvalue weighted by Gasteiger charge is 2.24. The first-order valence-corrected chi connectivity index (χ1v) is 5.38. The summed E-state index contributed by atoms with van der Waals surface area (Å²) < 4.78 is 13.8. The minimum absolute atomic E-state index is 0.152. The number of hydrogen-bond donors (Lipinski definition) is 2. The van der Waals surface area contributed by atoms with Crippen molar-refractivity contribution in [3.05, 3.63) is 29.8 Å². The molecule has 0 aromatic heterocycles. The summed E-state index contributed by atoms with van der Waals surface area (Å²) in [5.41, 5.74) is 0.951. The van der Waals surface area contributed by atoms with E-state index in [1.54, 1.807) is 24.3 Å². The fraction of sp³-hybridized carbons (Fsp3) is 0.500. The Balaban J connectivity index is 1.92. The van der Waals surface area contributed by atoms with E-state index in [1.165, 1.54) is 0 Å². The van der Waals surface area contributed by atoms with Crippen molar-refractivity contribution in [2.75, 3.05) is 13.1 Å². The Bertz CT molecular complexity index is 306. The van der Waals surface area contributed by atoms with Crippen molar-refractivity contribution >= 4 is 0 Å². The molecule has 2 rings (SSSR count). The van der Waals surface area contributed by atoms with E-state index in [9.17, 15) is 4.39 Å². The SMILES string of the molecule is Oc1ccc(CC(F)C2CCNC2)cc1. The zero-order valence-electron chi connectivity index (χ0n) is 8.62. The summed E-state index contributed by atoms with van der Waals surface area (Å²) in [6.07, 6.45) is 0.607. The first-order valence-electron chi connectivity index (χ1n) is 5.38. The maximum Gasteiger partial charge on any atom is 0.115 e. The molecule has 2 N–H and O–H groups in total. The number of phenols is 1. The molecule has 2 atom stereocenters. The molecule has 1 aliphatic rings. The first-order chi connectivity index (χ1) is 7.25. The molecule has 82 valence electrons. The maximum atomic E-state index is 13.8. The summed E-state index contributed by atoms with van der Waals surface area (Å²) in [4.78, 5) is 0.